The Morgan fingerprint density at radius 2 is 1.52 bits per heavy atom. The number of carbonyl (C=O) groups is 2. The van der Waals surface area contributed by atoms with Gasteiger partial charge in [0, 0.05) is 23.5 Å². The van der Waals surface area contributed by atoms with Crippen molar-refractivity contribution in [3.05, 3.63) is 89.9 Å². The van der Waals surface area contributed by atoms with Crippen LogP contribution in [0.1, 0.15) is 89.8 Å². The van der Waals surface area contributed by atoms with Crippen LogP contribution in [-0.2, 0) is 27.1 Å². The third-order valence-electron chi connectivity index (χ3n) is 9.14. The fraction of sp³-hybridized carbons (Fsp3) is 0.463. The number of alkyl carbamates (subject to hydrolysis) is 1. The van der Waals surface area contributed by atoms with Crippen LogP contribution in [0.25, 0.3) is 22.4 Å². The minimum atomic E-state index is -2.22. The van der Waals surface area contributed by atoms with Crippen molar-refractivity contribution in [2.45, 2.75) is 111 Å². The van der Waals surface area contributed by atoms with E-state index < -0.39 is 32.0 Å². The molecular weight excluding hydrogens is 673 g/mol. The molecule has 1 N–H and O–H groups in total. The average Bonchev–Trinajstić information content (AvgIpc) is 3.45. The van der Waals surface area contributed by atoms with E-state index in [0.717, 1.165) is 16.7 Å². The van der Waals surface area contributed by atoms with Gasteiger partial charge in [0.15, 0.2) is 14.0 Å². The maximum absolute atomic E-state index is 13.9. The van der Waals surface area contributed by atoms with Crippen molar-refractivity contribution in [2.75, 3.05) is 13.2 Å². The second-order valence-corrected chi connectivity index (χ2v) is 20.6. The predicted molar refractivity (Wildman–Crippen MR) is 208 cm³/mol. The Morgan fingerprint density at radius 3 is 2.08 bits per heavy atom. The van der Waals surface area contributed by atoms with Gasteiger partial charge in [-0.25, -0.2) is 9.59 Å². The minimum absolute atomic E-state index is 0.0544. The van der Waals surface area contributed by atoms with Gasteiger partial charge in [0.05, 0.1) is 25.8 Å². The highest BCUT2D eigenvalue weighted by molar-refractivity contribution is 6.74. The average molecular weight is 729 g/mol. The Labute approximate surface area is 310 Å². The molecular formula is C41H56N4O6Si. The number of hydrogen-bond donors (Lipinski definition) is 1. The van der Waals surface area contributed by atoms with Gasteiger partial charge in [-0.1, -0.05) is 71.0 Å². The van der Waals surface area contributed by atoms with Gasteiger partial charge in [0.1, 0.15) is 23.7 Å². The molecule has 52 heavy (non-hydrogen) atoms. The fourth-order valence-corrected chi connectivity index (χ4v) is 6.27. The number of rotatable bonds is 14. The summed E-state index contributed by atoms with van der Waals surface area (Å²) in [6, 6.07) is 19.2. The van der Waals surface area contributed by atoms with E-state index in [4.69, 9.17) is 23.7 Å². The molecule has 2 aromatic heterocycles. The maximum atomic E-state index is 13.9. The lowest BCUT2D eigenvalue weighted by Gasteiger charge is -2.37. The monoisotopic (exact) mass is 728 g/mol. The lowest BCUT2D eigenvalue weighted by molar-refractivity contribution is 0.0474. The van der Waals surface area contributed by atoms with Gasteiger partial charge in [0.25, 0.3) is 0 Å². The molecule has 280 valence electrons. The van der Waals surface area contributed by atoms with Crippen LogP contribution < -0.4 is 10.1 Å². The van der Waals surface area contributed by atoms with Crippen molar-refractivity contribution in [3.8, 4) is 28.1 Å². The third-order valence-corrected chi connectivity index (χ3v) is 13.6. The number of esters is 1. The van der Waals surface area contributed by atoms with E-state index in [1.54, 1.807) is 24.0 Å². The third kappa shape index (κ3) is 10.8. The number of aromatic nitrogens is 3. The first-order valence-corrected chi connectivity index (χ1v) is 20.9. The lowest BCUT2D eigenvalue weighted by atomic mass is 9.99. The Bertz CT molecular complexity index is 1770. The molecule has 0 aliphatic carbocycles. The summed E-state index contributed by atoms with van der Waals surface area (Å²) in [6.45, 7) is 23.3. The summed E-state index contributed by atoms with van der Waals surface area (Å²) < 4.78 is 25.6. The van der Waals surface area contributed by atoms with Crippen molar-refractivity contribution < 1.29 is 28.2 Å². The van der Waals surface area contributed by atoms with Crippen LogP contribution in [-0.4, -0.2) is 60.0 Å². The zero-order valence-electron chi connectivity index (χ0n) is 32.7. The first kappa shape index (κ1) is 40.3. The molecule has 0 spiro atoms. The Balaban J connectivity index is 1.75. The van der Waals surface area contributed by atoms with Gasteiger partial charge in [-0.15, -0.1) is 0 Å². The minimum Gasteiger partial charge on any atom is -0.489 e. The summed E-state index contributed by atoms with van der Waals surface area (Å²) in [5.41, 5.74) is 4.62. The first-order valence-electron chi connectivity index (χ1n) is 18.0. The molecule has 0 aliphatic rings. The summed E-state index contributed by atoms with van der Waals surface area (Å²) >= 11 is 0. The molecule has 0 saturated carbocycles. The van der Waals surface area contributed by atoms with Crippen molar-refractivity contribution in [1.29, 1.82) is 0 Å². The maximum Gasteiger partial charge on any atom is 0.408 e. The molecule has 4 rings (SSSR count). The molecule has 1 unspecified atom stereocenters. The van der Waals surface area contributed by atoms with E-state index in [-0.39, 0.29) is 30.5 Å². The van der Waals surface area contributed by atoms with Crippen molar-refractivity contribution >= 4 is 20.4 Å². The molecule has 0 fully saturated rings. The molecule has 0 bridgehead atoms. The summed E-state index contributed by atoms with van der Waals surface area (Å²) in [7, 11) is -2.22. The zero-order valence-corrected chi connectivity index (χ0v) is 33.7. The van der Waals surface area contributed by atoms with Gasteiger partial charge in [-0.3, -0.25) is 9.67 Å². The van der Waals surface area contributed by atoms with E-state index in [1.165, 1.54) is 5.56 Å². The van der Waals surface area contributed by atoms with Crippen LogP contribution in [0.5, 0.6) is 5.75 Å². The van der Waals surface area contributed by atoms with Gasteiger partial charge in [0.2, 0.25) is 0 Å². The van der Waals surface area contributed by atoms with E-state index in [1.807, 2.05) is 57.2 Å². The molecule has 1 atom stereocenters. The van der Waals surface area contributed by atoms with E-state index in [9.17, 15) is 9.59 Å². The molecule has 4 aromatic rings. The molecule has 10 nitrogen and oxygen atoms in total. The first-order chi connectivity index (χ1) is 24.4. The highest BCUT2D eigenvalue weighted by atomic mass is 28.4. The Morgan fingerprint density at radius 1 is 0.885 bits per heavy atom. The summed E-state index contributed by atoms with van der Waals surface area (Å²) in [6.07, 6.45) is 2.79. The lowest BCUT2D eigenvalue weighted by Crippen LogP contribution is -2.48. The number of hydrogen-bond acceptors (Lipinski definition) is 8. The molecule has 0 radical (unpaired) electrons. The number of nitrogens with one attached hydrogen (secondary N) is 1. The molecule has 0 saturated heterocycles. The number of nitrogens with zero attached hydrogens (tertiary/aromatic N) is 3. The summed E-state index contributed by atoms with van der Waals surface area (Å²) in [4.78, 5) is 31.2. The standard InChI is InChI=1S/C41H56N4O6Si/c1-12-48-38(46)37-35(31-17-19-34(20-18-31)49-26-29-13-15-30(16-14-29)28(2)3)36(32-21-23-42-24-22-32)44-45(37)25-33(43-39(47)51-40(4,5)6)27-50-52(10,11)41(7,8)9/h13-24,28,33H,12,25-27H2,1-11H3,(H,43,47). The summed E-state index contributed by atoms with van der Waals surface area (Å²) in [5.74, 6) is 0.625. The van der Waals surface area contributed by atoms with Crippen LogP contribution in [0.3, 0.4) is 0 Å². The molecule has 1 amide bonds. The van der Waals surface area contributed by atoms with Crippen LogP contribution in [0.4, 0.5) is 4.79 Å². The highest BCUT2D eigenvalue weighted by Gasteiger charge is 2.38. The van der Waals surface area contributed by atoms with Gasteiger partial charge < -0.3 is 24.0 Å². The topological polar surface area (TPSA) is 114 Å². The number of carbonyl (C=O) groups excluding carboxylic acids is 2. The fourth-order valence-electron chi connectivity index (χ4n) is 5.22. The second-order valence-electron chi connectivity index (χ2n) is 15.8. The smallest absolute Gasteiger partial charge is 0.408 e. The normalized spacial score (nSPS) is 12.8. The zero-order chi connectivity index (χ0) is 38.3. The van der Waals surface area contributed by atoms with Crippen LogP contribution in [0.2, 0.25) is 18.1 Å². The van der Waals surface area contributed by atoms with Gasteiger partial charge in [-0.05, 0) is 92.7 Å². The number of ether oxygens (including phenoxy) is 3. The van der Waals surface area contributed by atoms with Crippen molar-refractivity contribution in [3.63, 3.8) is 0 Å². The number of benzene rings is 2. The second kappa shape index (κ2) is 16.9. The SMILES string of the molecule is CCOC(=O)c1c(-c2ccc(OCc3ccc(C(C)C)cc3)cc2)c(-c2ccncc2)nn1CC(CO[Si](C)(C)C(C)(C)C)NC(=O)OC(C)(C)C. The van der Waals surface area contributed by atoms with E-state index in [2.05, 4.69) is 82.3 Å². The largest absolute Gasteiger partial charge is 0.489 e. The van der Waals surface area contributed by atoms with Crippen molar-refractivity contribution in [1.82, 2.24) is 20.1 Å². The predicted octanol–water partition coefficient (Wildman–Crippen LogP) is 9.41. The van der Waals surface area contributed by atoms with E-state index in [0.29, 0.717) is 29.5 Å². The van der Waals surface area contributed by atoms with E-state index >= 15 is 0 Å². The summed E-state index contributed by atoms with van der Waals surface area (Å²) in [5, 5.41) is 7.95. The number of pyridine rings is 1. The van der Waals surface area contributed by atoms with Gasteiger partial charge in [-0.2, -0.15) is 5.10 Å². The number of amides is 1. The quantitative estimate of drug-likeness (QED) is 0.101. The molecule has 2 heterocycles. The van der Waals surface area contributed by atoms with Crippen molar-refractivity contribution in [2.24, 2.45) is 0 Å². The Kier molecular flexibility index (Phi) is 13.1. The molecule has 2 aromatic carbocycles. The Hall–Kier alpha value is -4.48. The van der Waals surface area contributed by atoms with Crippen LogP contribution >= 0.6 is 0 Å². The van der Waals surface area contributed by atoms with Crippen LogP contribution in [0, 0.1) is 0 Å². The molecule has 0 aliphatic heterocycles. The van der Waals surface area contributed by atoms with Gasteiger partial charge >= 0.3 is 12.1 Å². The molecule has 11 heteroatoms. The van der Waals surface area contributed by atoms with Crippen LogP contribution in [0.15, 0.2) is 73.1 Å². The highest BCUT2D eigenvalue weighted by Crippen LogP contribution is 2.38.